The van der Waals surface area contributed by atoms with E-state index in [2.05, 4.69) is 0 Å². The molecule has 0 heterocycles. The lowest BCUT2D eigenvalue weighted by Gasteiger charge is -1.89. The lowest BCUT2D eigenvalue weighted by atomic mass is 10.2. The molecule has 0 unspecified atom stereocenters. The van der Waals surface area contributed by atoms with Crippen molar-refractivity contribution in [3.8, 4) is 5.75 Å². The van der Waals surface area contributed by atoms with Gasteiger partial charge in [0.1, 0.15) is 5.75 Å². The highest BCUT2D eigenvalue weighted by atomic mass is 16.3. The highest BCUT2D eigenvalue weighted by Gasteiger charge is 1.82. The number of phenols is 1. The van der Waals surface area contributed by atoms with Gasteiger partial charge in [-0.25, -0.2) is 0 Å². The van der Waals surface area contributed by atoms with Crippen LogP contribution in [0.5, 0.6) is 5.75 Å². The first-order valence-electron chi connectivity index (χ1n) is 2.54. The van der Waals surface area contributed by atoms with Gasteiger partial charge in [-0.15, -0.1) is 0 Å². The first kappa shape index (κ1) is 8.02. The molecule has 0 aromatic heterocycles. The molecule has 0 saturated carbocycles. The molecule has 0 fully saturated rings. The molecular formula is C8H8O. The maximum atomic E-state index is 8.76. The molecule has 1 rings (SSSR count). The highest BCUT2D eigenvalue weighted by Crippen LogP contribution is 2.07. The van der Waals surface area contributed by atoms with Crippen LogP contribution in [-0.2, 0) is 0 Å². The first-order valence-corrected chi connectivity index (χ1v) is 2.54. The van der Waals surface area contributed by atoms with Crippen LogP contribution >= 0.6 is 0 Å². The Labute approximate surface area is 56.0 Å². The predicted octanol–water partition coefficient (Wildman–Crippen LogP) is 1.78. The molecule has 1 N–H and O–H groups in total. The summed E-state index contributed by atoms with van der Waals surface area (Å²) < 4.78 is 0. The molecule has 1 aromatic rings. The average molecular weight is 120 g/mol. The predicted molar refractivity (Wildman–Crippen MR) is 36.1 cm³/mol. The zero-order chi connectivity index (χ0) is 5.98. The third kappa shape index (κ3) is 2.17. The van der Waals surface area contributed by atoms with Crippen LogP contribution in [0.15, 0.2) is 24.3 Å². The van der Waals surface area contributed by atoms with Crippen LogP contribution in [0.4, 0.5) is 0 Å². The van der Waals surface area contributed by atoms with E-state index in [9.17, 15) is 0 Å². The number of aromatic hydroxyl groups is 1. The zero-order valence-corrected chi connectivity index (χ0v) is 5.26. The largest absolute Gasteiger partial charge is 0.508 e. The van der Waals surface area contributed by atoms with Gasteiger partial charge in [0.25, 0.3) is 0 Å². The van der Waals surface area contributed by atoms with Gasteiger partial charge in [0.15, 0.2) is 0 Å². The number of aryl methyl sites for hydroxylation is 1. The Balaban J connectivity index is 0.000000640. The number of hydrogen-bond acceptors (Lipinski definition) is 1. The van der Waals surface area contributed by atoms with Gasteiger partial charge in [-0.3, -0.25) is 0 Å². The summed E-state index contributed by atoms with van der Waals surface area (Å²) in [5.41, 5.74) is 1.17. The second-order valence-corrected chi connectivity index (χ2v) is 1.84. The molecule has 0 amide bonds. The van der Waals surface area contributed by atoms with Gasteiger partial charge in [0.2, 0.25) is 0 Å². The lowest BCUT2D eigenvalue weighted by molar-refractivity contribution is 0.475. The molecule has 0 bridgehead atoms. The van der Waals surface area contributed by atoms with Crippen LogP contribution in [0.3, 0.4) is 0 Å². The van der Waals surface area contributed by atoms with Gasteiger partial charge < -0.3 is 5.11 Å². The zero-order valence-electron chi connectivity index (χ0n) is 5.26. The molecule has 0 aliphatic rings. The Morgan fingerprint density at radius 1 is 1.11 bits per heavy atom. The lowest BCUT2D eigenvalue weighted by Crippen LogP contribution is -1.66. The number of rotatable bonds is 0. The summed E-state index contributed by atoms with van der Waals surface area (Å²) >= 11 is 0. The van der Waals surface area contributed by atoms with Crippen molar-refractivity contribution in [1.29, 1.82) is 0 Å². The fourth-order valence-electron chi connectivity index (χ4n) is 0.545. The van der Waals surface area contributed by atoms with E-state index in [1.54, 1.807) is 12.1 Å². The van der Waals surface area contributed by atoms with Crippen LogP contribution in [0.2, 0.25) is 0 Å². The fraction of sp³-hybridized carbons (Fsp3) is 0.125. The summed E-state index contributed by atoms with van der Waals surface area (Å²) in [7, 11) is 0. The molecule has 0 saturated heterocycles. The Morgan fingerprint density at radius 3 is 1.89 bits per heavy atom. The van der Waals surface area contributed by atoms with E-state index >= 15 is 0 Å². The van der Waals surface area contributed by atoms with E-state index in [4.69, 9.17) is 5.11 Å². The normalized spacial score (nSPS) is 8.11. The van der Waals surface area contributed by atoms with Crippen molar-refractivity contribution in [3.63, 3.8) is 0 Å². The monoisotopic (exact) mass is 120 g/mol. The van der Waals surface area contributed by atoms with Crippen LogP contribution in [0.25, 0.3) is 0 Å². The summed E-state index contributed by atoms with van der Waals surface area (Å²) in [6, 6.07) is 7.09. The molecule has 0 spiro atoms. The van der Waals surface area contributed by atoms with Crippen molar-refractivity contribution in [2.45, 2.75) is 6.92 Å². The minimum absolute atomic E-state index is 0. The molecule has 1 nitrogen and oxygen atoms in total. The van der Waals surface area contributed by atoms with E-state index in [-0.39, 0.29) is 7.43 Å². The molecule has 1 heteroatoms. The molecule has 4 radical (unpaired) electrons. The molecule has 0 atom stereocenters. The van der Waals surface area contributed by atoms with Gasteiger partial charge in [-0.05, 0) is 19.1 Å². The number of benzene rings is 1. The van der Waals surface area contributed by atoms with Crippen LogP contribution < -0.4 is 0 Å². The highest BCUT2D eigenvalue weighted by molar-refractivity contribution is 5.24. The fourth-order valence-corrected chi connectivity index (χ4v) is 0.545. The molecule has 1 aromatic carbocycles. The molecule has 46 valence electrons. The smallest absolute Gasteiger partial charge is 0.115 e. The third-order valence-corrected chi connectivity index (χ3v) is 1.03. The van der Waals surface area contributed by atoms with E-state index < -0.39 is 0 Å². The van der Waals surface area contributed by atoms with E-state index in [0.717, 1.165) is 0 Å². The average Bonchev–Trinajstić information content (AvgIpc) is 1.77. The minimum atomic E-state index is 0. The maximum Gasteiger partial charge on any atom is 0.115 e. The summed E-state index contributed by atoms with van der Waals surface area (Å²) in [4.78, 5) is 0. The third-order valence-electron chi connectivity index (χ3n) is 1.03. The number of hydrogen-bond donors (Lipinski definition) is 1. The Hall–Kier alpha value is -0.980. The van der Waals surface area contributed by atoms with Crippen LogP contribution in [0, 0.1) is 14.4 Å². The van der Waals surface area contributed by atoms with Crippen molar-refractivity contribution in [3.05, 3.63) is 37.3 Å². The Kier molecular flexibility index (Phi) is 2.79. The molecule has 0 aliphatic carbocycles. The van der Waals surface area contributed by atoms with Gasteiger partial charge >= 0.3 is 0 Å². The summed E-state index contributed by atoms with van der Waals surface area (Å²) in [6.07, 6.45) is 0. The Morgan fingerprint density at radius 2 is 1.56 bits per heavy atom. The molecule has 9 heavy (non-hydrogen) atoms. The van der Waals surface area contributed by atoms with E-state index in [1.165, 1.54) is 5.56 Å². The van der Waals surface area contributed by atoms with Gasteiger partial charge in [0, 0.05) is 7.43 Å². The van der Waals surface area contributed by atoms with Crippen molar-refractivity contribution in [2.75, 3.05) is 0 Å². The SMILES string of the molecule is Cc1ccc(O)cc1.[C]. The van der Waals surface area contributed by atoms with Crippen LogP contribution in [-0.4, -0.2) is 5.11 Å². The van der Waals surface area contributed by atoms with Gasteiger partial charge in [0.05, 0.1) is 0 Å². The summed E-state index contributed by atoms with van der Waals surface area (Å²) in [6.45, 7) is 1.99. The van der Waals surface area contributed by atoms with E-state index in [1.807, 2.05) is 19.1 Å². The molecule has 0 aliphatic heterocycles. The second kappa shape index (κ2) is 3.13. The van der Waals surface area contributed by atoms with Crippen molar-refractivity contribution in [1.82, 2.24) is 0 Å². The Bertz CT molecular complexity index is 143. The summed E-state index contributed by atoms with van der Waals surface area (Å²) in [5.74, 6) is 0.329. The van der Waals surface area contributed by atoms with Gasteiger partial charge in [-0.1, -0.05) is 17.7 Å². The first-order chi connectivity index (χ1) is 3.79. The van der Waals surface area contributed by atoms with Crippen molar-refractivity contribution < 1.29 is 5.11 Å². The molecular weight excluding hydrogens is 112 g/mol. The quantitative estimate of drug-likeness (QED) is 0.553. The summed E-state index contributed by atoms with van der Waals surface area (Å²) in [5, 5.41) is 8.76. The van der Waals surface area contributed by atoms with E-state index in [0.29, 0.717) is 5.75 Å². The topological polar surface area (TPSA) is 20.2 Å². The van der Waals surface area contributed by atoms with Crippen LogP contribution in [0.1, 0.15) is 5.56 Å². The minimum Gasteiger partial charge on any atom is -0.508 e. The standard InChI is InChI=1S/C7H8O.C/c1-6-2-4-7(8)5-3-6;/h2-5,8H,1H3;. The van der Waals surface area contributed by atoms with Gasteiger partial charge in [-0.2, -0.15) is 0 Å². The van der Waals surface area contributed by atoms with Crippen molar-refractivity contribution in [2.24, 2.45) is 0 Å². The maximum absolute atomic E-state index is 8.76. The second-order valence-electron chi connectivity index (χ2n) is 1.84. The van der Waals surface area contributed by atoms with Crippen molar-refractivity contribution >= 4 is 0 Å². The number of phenolic OH excluding ortho intramolecular Hbond substituents is 1.